The zero-order valence-corrected chi connectivity index (χ0v) is 27.3. The highest BCUT2D eigenvalue weighted by Gasteiger charge is 2.38. The molecule has 2 aliphatic rings. The van der Waals surface area contributed by atoms with E-state index >= 15 is 0 Å². The Labute approximate surface area is 272 Å². The van der Waals surface area contributed by atoms with Gasteiger partial charge in [-0.05, 0) is 81.0 Å². The number of benzene rings is 3. The number of esters is 1. The molecule has 5 rings (SSSR count). The van der Waals surface area contributed by atoms with E-state index in [0.717, 1.165) is 52.8 Å². The molecule has 0 unspecified atom stereocenters. The third-order valence-corrected chi connectivity index (χ3v) is 8.33. The second kappa shape index (κ2) is 15.2. The first-order valence-electron chi connectivity index (χ1n) is 16.3. The minimum absolute atomic E-state index is 0.0128. The van der Waals surface area contributed by atoms with Gasteiger partial charge in [0.1, 0.15) is 11.6 Å². The summed E-state index contributed by atoms with van der Waals surface area (Å²) in [6.07, 6.45) is 1.38. The Kier molecular flexibility index (Phi) is 11.1. The Balaban J connectivity index is 1.32. The van der Waals surface area contributed by atoms with Crippen LogP contribution in [-0.4, -0.2) is 59.4 Å². The maximum Gasteiger partial charge on any atom is 0.323 e. The Morgan fingerprint density at radius 3 is 2.37 bits per heavy atom. The maximum atomic E-state index is 13.0. The monoisotopic (exact) mass is 629 g/mol. The second-order valence-corrected chi connectivity index (χ2v) is 13.1. The van der Waals surface area contributed by atoms with E-state index in [2.05, 4.69) is 39.8 Å². The molecule has 2 saturated heterocycles. The van der Waals surface area contributed by atoms with Crippen LogP contribution in [0.25, 0.3) is 11.1 Å². The summed E-state index contributed by atoms with van der Waals surface area (Å²) in [5.41, 5.74) is 5.35. The molecule has 0 aliphatic carbocycles. The fraction of sp³-hybridized carbons (Fsp3) is 0.459. The van der Waals surface area contributed by atoms with Crippen molar-refractivity contribution in [3.63, 3.8) is 0 Å². The van der Waals surface area contributed by atoms with E-state index in [1.54, 1.807) is 0 Å². The van der Waals surface area contributed by atoms with Crippen LogP contribution in [0.4, 0.5) is 4.79 Å². The van der Waals surface area contributed by atoms with Crippen LogP contribution in [0.2, 0.25) is 0 Å². The molecule has 9 heteroatoms. The van der Waals surface area contributed by atoms with Crippen molar-refractivity contribution in [2.75, 3.05) is 19.6 Å². The Morgan fingerprint density at radius 1 is 0.935 bits per heavy atom. The van der Waals surface area contributed by atoms with Crippen molar-refractivity contribution in [3.8, 4) is 11.1 Å². The summed E-state index contributed by atoms with van der Waals surface area (Å²) in [6, 6.07) is 23.7. The minimum Gasteiger partial charge on any atom is -0.459 e. The molecule has 0 aromatic heterocycles. The van der Waals surface area contributed by atoms with Gasteiger partial charge in [0.2, 0.25) is 0 Å². The van der Waals surface area contributed by atoms with Crippen molar-refractivity contribution in [2.24, 2.45) is 0 Å². The SMILES string of the molecule is CCNC(=O)NCc1cccc(-c2ccc([C@@H]3O[C@H](CN4CCC[C@H]4C(=O)OC(C)(C)C)C[C@H](c4ccc(CO)cc4)O3)cc2)c1. The molecule has 46 heavy (non-hydrogen) atoms. The molecule has 3 N–H and O–H groups in total. The average Bonchev–Trinajstić information content (AvgIpc) is 3.51. The third-order valence-electron chi connectivity index (χ3n) is 8.33. The van der Waals surface area contributed by atoms with Crippen molar-refractivity contribution in [1.82, 2.24) is 15.5 Å². The van der Waals surface area contributed by atoms with E-state index in [9.17, 15) is 14.7 Å². The first-order chi connectivity index (χ1) is 22.1. The van der Waals surface area contributed by atoms with Crippen molar-refractivity contribution in [3.05, 3.63) is 95.1 Å². The number of carbonyl (C=O) groups is 2. The lowest BCUT2D eigenvalue weighted by Crippen LogP contribution is -2.45. The number of carbonyl (C=O) groups excluding carboxylic acids is 2. The molecule has 2 fully saturated rings. The van der Waals surface area contributed by atoms with Gasteiger partial charge in [0.25, 0.3) is 0 Å². The molecule has 9 nitrogen and oxygen atoms in total. The highest BCUT2D eigenvalue weighted by molar-refractivity contribution is 5.76. The zero-order valence-electron chi connectivity index (χ0n) is 27.3. The van der Waals surface area contributed by atoms with Gasteiger partial charge in [-0.2, -0.15) is 0 Å². The van der Waals surface area contributed by atoms with Crippen LogP contribution in [0.1, 0.15) is 81.6 Å². The number of hydrogen-bond acceptors (Lipinski definition) is 7. The van der Waals surface area contributed by atoms with Crippen molar-refractivity contribution in [1.29, 1.82) is 0 Å². The van der Waals surface area contributed by atoms with Gasteiger partial charge in [0.15, 0.2) is 6.29 Å². The summed E-state index contributed by atoms with van der Waals surface area (Å²) >= 11 is 0. The molecule has 246 valence electrons. The molecular formula is C37H47N3O6. The summed E-state index contributed by atoms with van der Waals surface area (Å²) < 4.78 is 18.9. The quantitative estimate of drug-likeness (QED) is 0.236. The lowest BCUT2D eigenvalue weighted by molar-refractivity contribution is -0.253. The maximum absolute atomic E-state index is 13.0. The first-order valence-corrected chi connectivity index (χ1v) is 16.3. The molecule has 0 radical (unpaired) electrons. The van der Waals surface area contributed by atoms with E-state index in [0.29, 0.717) is 26.1 Å². The van der Waals surface area contributed by atoms with Crippen LogP contribution in [0, 0.1) is 0 Å². The van der Waals surface area contributed by atoms with Gasteiger partial charge in [0, 0.05) is 31.6 Å². The number of ether oxygens (including phenoxy) is 3. The number of likely N-dealkylation sites (tertiary alicyclic amines) is 1. The minimum atomic E-state index is -0.592. The average molecular weight is 630 g/mol. The van der Waals surface area contributed by atoms with E-state index in [-0.39, 0.29) is 36.9 Å². The van der Waals surface area contributed by atoms with Crippen molar-refractivity contribution < 1.29 is 28.9 Å². The first kappa shape index (κ1) is 33.6. The molecule has 0 bridgehead atoms. The number of rotatable bonds is 10. The highest BCUT2D eigenvalue weighted by atomic mass is 16.7. The van der Waals surface area contributed by atoms with Gasteiger partial charge in [-0.15, -0.1) is 0 Å². The van der Waals surface area contributed by atoms with E-state index in [4.69, 9.17) is 14.2 Å². The standard InChI is InChI=1S/C37H47N3O6/c1-5-38-36(43)39-22-26-8-6-9-30(20-26)27-15-17-29(18-16-27)35-44-31(21-33(45-35)28-13-11-25(24-41)12-14-28)23-40-19-7-10-32(40)34(42)46-37(2,3)4/h6,8-9,11-18,20,31-33,35,41H,5,7,10,19,21-24H2,1-4H3,(H2,38,39,43)/t31-,32-,33+,35+/m0/s1. The molecule has 4 atom stereocenters. The lowest BCUT2D eigenvalue weighted by Gasteiger charge is -2.38. The number of nitrogens with one attached hydrogen (secondary N) is 2. The molecule has 0 spiro atoms. The molecule has 2 heterocycles. The van der Waals surface area contributed by atoms with Gasteiger partial charge >= 0.3 is 12.0 Å². The molecule has 3 aromatic rings. The molecule has 3 aromatic carbocycles. The van der Waals surface area contributed by atoms with Crippen LogP contribution < -0.4 is 10.6 Å². The summed E-state index contributed by atoms with van der Waals surface area (Å²) in [4.78, 5) is 27.1. The lowest BCUT2D eigenvalue weighted by atomic mass is 9.98. The number of nitrogens with zero attached hydrogens (tertiary/aromatic N) is 1. The molecule has 0 saturated carbocycles. The summed E-state index contributed by atoms with van der Waals surface area (Å²) in [6.45, 7) is 10.0. The number of aliphatic hydroxyl groups excluding tert-OH is 1. The van der Waals surface area contributed by atoms with Crippen LogP contribution in [-0.2, 0) is 32.2 Å². The van der Waals surface area contributed by atoms with Gasteiger partial charge in [-0.1, -0.05) is 66.7 Å². The van der Waals surface area contributed by atoms with Crippen LogP contribution in [0.15, 0.2) is 72.8 Å². The van der Waals surface area contributed by atoms with Gasteiger partial charge in [0.05, 0.1) is 18.8 Å². The number of aliphatic hydroxyl groups is 1. The molecule has 2 amide bonds. The predicted octanol–water partition coefficient (Wildman–Crippen LogP) is 6.02. The third kappa shape index (κ3) is 8.94. The number of urea groups is 1. The van der Waals surface area contributed by atoms with Crippen molar-refractivity contribution >= 4 is 12.0 Å². The van der Waals surface area contributed by atoms with E-state index in [1.165, 1.54) is 0 Å². The number of amides is 2. The zero-order chi connectivity index (χ0) is 32.7. The van der Waals surface area contributed by atoms with Crippen LogP contribution in [0.3, 0.4) is 0 Å². The van der Waals surface area contributed by atoms with Crippen molar-refractivity contribution in [2.45, 2.75) is 90.2 Å². The van der Waals surface area contributed by atoms with E-state index < -0.39 is 11.9 Å². The topological polar surface area (TPSA) is 109 Å². The second-order valence-electron chi connectivity index (χ2n) is 13.1. The fourth-order valence-electron chi connectivity index (χ4n) is 6.07. The van der Waals surface area contributed by atoms with Gasteiger partial charge in [-0.25, -0.2) is 4.79 Å². The Bertz CT molecular complexity index is 1450. The summed E-state index contributed by atoms with van der Waals surface area (Å²) in [7, 11) is 0. The van der Waals surface area contributed by atoms with Gasteiger partial charge in [-0.3, -0.25) is 9.69 Å². The number of hydrogen-bond donors (Lipinski definition) is 3. The smallest absolute Gasteiger partial charge is 0.323 e. The molecule has 2 aliphatic heterocycles. The Hall–Kier alpha value is -3.76. The Morgan fingerprint density at radius 2 is 1.67 bits per heavy atom. The van der Waals surface area contributed by atoms with Gasteiger partial charge < -0.3 is 30.0 Å². The van der Waals surface area contributed by atoms with Crippen LogP contribution in [0.5, 0.6) is 0 Å². The highest BCUT2D eigenvalue weighted by Crippen LogP contribution is 2.39. The predicted molar refractivity (Wildman–Crippen MR) is 177 cm³/mol. The normalized spacial score (nSPS) is 21.9. The van der Waals surface area contributed by atoms with Crippen LogP contribution >= 0.6 is 0 Å². The molecular weight excluding hydrogens is 582 g/mol. The van der Waals surface area contributed by atoms with E-state index in [1.807, 2.05) is 76.2 Å². The summed E-state index contributed by atoms with van der Waals surface area (Å²) in [5.74, 6) is -0.176. The fourth-order valence-corrected chi connectivity index (χ4v) is 6.07. The summed E-state index contributed by atoms with van der Waals surface area (Å²) in [5, 5.41) is 15.2. The largest absolute Gasteiger partial charge is 0.459 e.